The van der Waals surface area contributed by atoms with E-state index < -0.39 is 10.0 Å². The van der Waals surface area contributed by atoms with Crippen molar-refractivity contribution in [1.29, 1.82) is 0 Å². The van der Waals surface area contributed by atoms with E-state index in [-0.39, 0.29) is 15.5 Å². The number of aryl methyl sites for hydroxylation is 2. The Balaban J connectivity index is 2.51. The van der Waals surface area contributed by atoms with Crippen molar-refractivity contribution in [1.82, 2.24) is 9.78 Å². The fourth-order valence-electron chi connectivity index (χ4n) is 2.34. The van der Waals surface area contributed by atoms with Crippen LogP contribution < -0.4 is 4.72 Å². The summed E-state index contributed by atoms with van der Waals surface area (Å²) in [5.41, 5.74) is 1.64. The quantitative estimate of drug-likeness (QED) is 0.929. The zero-order valence-corrected chi connectivity index (χ0v) is 14.9. The molecule has 0 spiro atoms. The van der Waals surface area contributed by atoms with Gasteiger partial charge in [0.1, 0.15) is 10.0 Å². The van der Waals surface area contributed by atoms with Crippen LogP contribution in [0.25, 0.3) is 0 Å². The van der Waals surface area contributed by atoms with E-state index in [4.69, 9.17) is 11.6 Å². The van der Waals surface area contributed by atoms with Crippen LogP contribution in [0.15, 0.2) is 29.2 Å². The molecule has 0 atom stereocenters. The van der Waals surface area contributed by atoms with Crippen LogP contribution >= 0.6 is 11.6 Å². The Hall–Kier alpha value is -1.53. The molecule has 120 valence electrons. The molecule has 1 aromatic heterocycles. The molecule has 0 saturated carbocycles. The average Bonchev–Trinajstić information content (AvgIpc) is 2.62. The first kappa shape index (κ1) is 16.8. The highest BCUT2D eigenvalue weighted by Crippen LogP contribution is 2.32. The molecule has 0 radical (unpaired) electrons. The van der Waals surface area contributed by atoms with Gasteiger partial charge in [-0.1, -0.05) is 50.6 Å². The van der Waals surface area contributed by atoms with E-state index >= 15 is 0 Å². The molecule has 0 aliphatic carbocycles. The monoisotopic (exact) mass is 341 g/mol. The topological polar surface area (TPSA) is 64.0 Å². The lowest BCUT2D eigenvalue weighted by Crippen LogP contribution is -2.19. The SMILES string of the molecule is Cc1nn(C)c(Cl)c1S(=O)(=O)Nc1ccccc1C(C)(C)C. The number of benzene rings is 1. The molecule has 0 bridgehead atoms. The Kier molecular flexibility index (Phi) is 4.28. The number of hydrogen-bond acceptors (Lipinski definition) is 3. The lowest BCUT2D eigenvalue weighted by Gasteiger charge is -2.23. The summed E-state index contributed by atoms with van der Waals surface area (Å²) in [5, 5.41) is 4.15. The Morgan fingerprint density at radius 2 is 1.82 bits per heavy atom. The normalized spacial score (nSPS) is 12.5. The Labute approximate surface area is 136 Å². The van der Waals surface area contributed by atoms with E-state index in [0.29, 0.717) is 11.4 Å². The van der Waals surface area contributed by atoms with Gasteiger partial charge in [-0.3, -0.25) is 9.40 Å². The molecular weight excluding hydrogens is 322 g/mol. The first-order chi connectivity index (χ1) is 10.0. The van der Waals surface area contributed by atoms with Crippen molar-refractivity contribution in [2.24, 2.45) is 7.05 Å². The van der Waals surface area contributed by atoms with Crippen LogP contribution in [0.4, 0.5) is 5.69 Å². The van der Waals surface area contributed by atoms with Crippen molar-refractivity contribution < 1.29 is 8.42 Å². The smallest absolute Gasteiger partial charge is 0.266 e. The van der Waals surface area contributed by atoms with E-state index in [9.17, 15) is 8.42 Å². The number of halogens is 1. The van der Waals surface area contributed by atoms with Crippen LogP contribution in [-0.4, -0.2) is 18.2 Å². The van der Waals surface area contributed by atoms with Crippen LogP contribution in [0.1, 0.15) is 32.0 Å². The van der Waals surface area contributed by atoms with E-state index in [1.807, 2.05) is 32.9 Å². The van der Waals surface area contributed by atoms with Gasteiger partial charge < -0.3 is 0 Å². The third-order valence-corrected chi connectivity index (χ3v) is 5.41. The van der Waals surface area contributed by atoms with Gasteiger partial charge in [0.25, 0.3) is 10.0 Å². The second-order valence-corrected chi connectivity index (χ2v) is 8.21. The summed E-state index contributed by atoms with van der Waals surface area (Å²) in [6.45, 7) is 7.71. The zero-order chi connectivity index (χ0) is 16.7. The fraction of sp³-hybridized carbons (Fsp3) is 0.400. The van der Waals surface area contributed by atoms with Gasteiger partial charge in [-0.05, 0) is 24.0 Å². The predicted octanol–water partition coefficient (Wildman–Crippen LogP) is 3.48. The van der Waals surface area contributed by atoms with Gasteiger partial charge in [-0.15, -0.1) is 0 Å². The standard InChI is InChI=1S/C15H20ClN3O2S/c1-10-13(14(16)19(5)17-10)22(20,21)18-12-9-7-6-8-11(12)15(2,3)4/h6-9,18H,1-5H3. The lowest BCUT2D eigenvalue weighted by atomic mass is 9.86. The summed E-state index contributed by atoms with van der Waals surface area (Å²) in [5.74, 6) is 0. The molecule has 2 aromatic rings. The predicted molar refractivity (Wildman–Crippen MR) is 88.9 cm³/mol. The van der Waals surface area contributed by atoms with Crippen LogP contribution in [0.2, 0.25) is 5.15 Å². The second kappa shape index (κ2) is 5.59. The molecule has 0 fully saturated rings. The van der Waals surface area contributed by atoms with Gasteiger partial charge in [-0.25, -0.2) is 8.42 Å². The van der Waals surface area contributed by atoms with Crippen LogP contribution in [0, 0.1) is 6.92 Å². The van der Waals surface area contributed by atoms with E-state index in [1.54, 1.807) is 26.1 Å². The Bertz CT molecular complexity index is 805. The number of nitrogens with one attached hydrogen (secondary N) is 1. The maximum Gasteiger partial charge on any atom is 0.266 e. The molecule has 1 heterocycles. The summed E-state index contributed by atoms with van der Waals surface area (Å²) < 4.78 is 29.4. The highest BCUT2D eigenvalue weighted by molar-refractivity contribution is 7.92. The maximum atomic E-state index is 12.7. The van der Waals surface area contributed by atoms with E-state index in [2.05, 4.69) is 9.82 Å². The number of nitrogens with zero attached hydrogens (tertiary/aromatic N) is 2. The number of para-hydroxylation sites is 1. The number of sulfonamides is 1. The molecule has 7 heteroatoms. The largest absolute Gasteiger partial charge is 0.279 e. The third-order valence-electron chi connectivity index (χ3n) is 3.35. The van der Waals surface area contributed by atoms with E-state index in [0.717, 1.165) is 5.56 Å². The molecule has 0 aliphatic heterocycles. The van der Waals surface area contributed by atoms with Crippen LogP contribution in [-0.2, 0) is 22.5 Å². The van der Waals surface area contributed by atoms with Crippen molar-refractivity contribution in [2.45, 2.75) is 38.0 Å². The second-order valence-electron chi connectivity index (χ2n) is 6.23. The van der Waals surface area contributed by atoms with Crippen molar-refractivity contribution in [2.75, 3.05) is 4.72 Å². The molecule has 0 amide bonds. The Morgan fingerprint density at radius 3 is 2.32 bits per heavy atom. The number of aromatic nitrogens is 2. The minimum atomic E-state index is -3.80. The average molecular weight is 342 g/mol. The minimum Gasteiger partial charge on any atom is -0.279 e. The number of rotatable bonds is 3. The van der Waals surface area contributed by atoms with Gasteiger partial charge in [-0.2, -0.15) is 5.10 Å². The Morgan fingerprint density at radius 1 is 1.23 bits per heavy atom. The molecule has 22 heavy (non-hydrogen) atoms. The summed E-state index contributed by atoms with van der Waals surface area (Å²) in [4.78, 5) is 0.0142. The van der Waals surface area contributed by atoms with Crippen molar-refractivity contribution in [3.63, 3.8) is 0 Å². The van der Waals surface area contributed by atoms with Crippen molar-refractivity contribution in [3.05, 3.63) is 40.7 Å². The molecule has 0 unspecified atom stereocenters. The molecule has 0 aliphatic rings. The summed E-state index contributed by atoms with van der Waals surface area (Å²) in [7, 11) is -2.19. The zero-order valence-electron chi connectivity index (χ0n) is 13.3. The van der Waals surface area contributed by atoms with Crippen LogP contribution in [0.3, 0.4) is 0 Å². The van der Waals surface area contributed by atoms with Gasteiger partial charge in [0, 0.05) is 7.05 Å². The number of anilines is 1. The number of hydrogen-bond donors (Lipinski definition) is 1. The lowest BCUT2D eigenvalue weighted by molar-refractivity contribution is 0.590. The third kappa shape index (κ3) is 3.13. The van der Waals surface area contributed by atoms with Gasteiger partial charge in [0.2, 0.25) is 0 Å². The van der Waals surface area contributed by atoms with E-state index in [1.165, 1.54) is 4.68 Å². The molecule has 1 aromatic carbocycles. The van der Waals surface area contributed by atoms with Gasteiger partial charge >= 0.3 is 0 Å². The molecule has 0 saturated heterocycles. The molecular formula is C15H20ClN3O2S. The fourth-order valence-corrected chi connectivity index (χ4v) is 4.17. The van der Waals surface area contributed by atoms with Crippen LogP contribution in [0.5, 0.6) is 0 Å². The molecule has 5 nitrogen and oxygen atoms in total. The summed E-state index contributed by atoms with van der Waals surface area (Å²) in [6.07, 6.45) is 0. The highest BCUT2D eigenvalue weighted by atomic mass is 35.5. The summed E-state index contributed by atoms with van der Waals surface area (Å²) >= 11 is 6.08. The minimum absolute atomic E-state index is 0.0142. The van der Waals surface area contributed by atoms with Crippen molar-refractivity contribution in [3.8, 4) is 0 Å². The first-order valence-corrected chi connectivity index (χ1v) is 8.71. The first-order valence-electron chi connectivity index (χ1n) is 6.85. The summed E-state index contributed by atoms with van der Waals surface area (Å²) in [6, 6.07) is 7.35. The molecule has 1 N–H and O–H groups in total. The van der Waals surface area contributed by atoms with Gasteiger partial charge in [0.15, 0.2) is 0 Å². The van der Waals surface area contributed by atoms with Gasteiger partial charge in [0.05, 0.1) is 11.4 Å². The maximum absolute atomic E-state index is 12.7. The van der Waals surface area contributed by atoms with Crippen molar-refractivity contribution >= 4 is 27.3 Å². The highest BCUT2D eigenvalue weighted by Gasteiger charge is 2.27. The molecule has 2 rings (SSSR count).